The van der Waals surface area contributed by atoms with E-state index in [2.05, 4.69) is 25.4 Å². The Morgan fingerprint density at radius 1 is 1.20 bits per heavy atom. The Kier molecular flexibility index (Phi) is 2.94. The molecule has 0 radical (unpaired) electrons. The molecule has 1 N–H and O–H groups in total. The molecule has 7 nitrogen and oxygen atoms in total. The van der Waals surface area contributed by atoms with Gasteiger partial charge in [0, 0.05) is 25.9 Å². The summed E-state index contributed by atoms with van der Waals surface area (Å²) < 4.78 is 1.70. The molecular weight excluding hydrogens is 254 g/mol. The smallest absolute Gasteiger partial charge is 0.229 e. The van der Waals surface area contributed by atoms with Crippen LogP contribution in [0.25, 0.3) is 5.65 Å². The number of aromatic nitrogens is 5. The maximum atomic E-state index is 4.49. The number of nitrogens with one attached hydrogen (secondary N) is 1. The molecule has 0 atom stereocenters. The lowest BCUT2D eigenvalue weighted by Crippen LogP contribution is -2.13. The Hall–Kier alpha value is -2.70. The van der Waals surface area contributed by atoms with E-state index in [9.17, 15) is 0 Å². The van der Waals surface area contributed by atoms with Crippen LogP contribution in [0.4, 0.5) is 17.5 Å². The second-order valence-corrected chi connectivity index (χ2v) is 4.70. The number of fused-ring (bicyclic) bond motifs is 1. The fourth-order valence-corrected chi connectivity index (χ4v) is 1.97. The van der Waals surface area contributed by atoms with Gasteiger partial charge in [-0.1, -0.05) is 0 Å². The summed E-state index contributed by atoms with van der Waals surface area (Å²) in [6.07, 6.45) is 5.17. The average Bonchev–Trinajstić information content (AvgIpc) is 2.88. The summed E-state index contributed by atoms with van der Waals surface area (Å²) in [7, 11) is 3.92. The van der Waals surface area contributed by atoms with Gasteiger partial charge in [-0.15, -0.1) is 0 Å². The van der Waals surface area contributed by atoms with Gasteiger partial charge in [-0.3, -0.25) is 0 Å². The van der Waals surface area contributed by atoms with Gasteiger partial charge in [0.2, 0.25) is 5.95 Å². The molecule has 20 heavy (non-hydrogen) atoms. The first-order valence-electron chi connectivity index (χ1n) is 6.21. The Balaban J connectivity index is 1.92. The maximum absolute atomic E-state index is 4.49. The number of nitrogens with zero attached hydrogens (tertiary/aromatic N) is 6. The number of rotatable bonds is 3. The number of hydrogen-bond acceptors (Lipinski definition) is 6. The van der Waals surface area contributed by atoms with Gasteiger partial charge in [-0.05, 0) is 19.1 Å². The minimum Gasteiger partial charge on any atom is -0.362 e. The van der Waals surface area contributed by atoms with Crippen molar-refractivity contribution in [3.8, 4) is 0 Å². The molecule has 0 unspecified atom stereocenters. The van der Waals surface area contributed by atoms with E-state index in [0.29, 0.717) is 5.95 Å². The zero-order valence-corrected chi connectivity index (χ0v) is 11.6. The van der Waals surface area contributed by atoms with E-state index in [-0.39, 0.29) is 0 Å². The van der Waals surface area contributed by atoms with Crippen LogP contribution in [0.3, 0.4) is 0 Å². The summed E-state index contributed by atoms with van der Waals surface area (Å²) in [5.74, 6) is 1.45. The highest BCUT2D eigenvalue weighted by Crippen LogP contribution is 2.18. The van der Waals surface area contributed by atoms with Crippen LogP contribution >= 0.6 is 0 Å². The molecule has 0 bridgehead atoms. The molecule has 7 heteroatoms. The van der Waals surface area contributed by atoms with Crippen molar-refractivity contribution in [3.05, 3.63) is 36.4 Å². The molecule has 0 aliphatic rings. The van der Waals surface area contributed by atoms with Gasteiger partial charge in [0.05, 0.1) is 11.9 Å². The van der Waals surface area contributed by atoms with Gasteiger partial charge in [0.25, 0.3) is 0 Å². The van der Waals surface area contributed by atoms with Gasteiger partial charge in [0.1, 0.15) is 12.1 Å². The Morgan fingerprint density at radius 2 is 2.05 bits per heavy atom. The summed E-state index contributed by atoms with van der Waals surface area (Å²) >= 11 is 0. The van der Waals surface area contributed by atoms with Crippen LogP contribution in [0.2, 0.25) is 0 Å². The van der Waals surface area contributed by atoms with Crippen LogP contribution in [0, 0.1) is 6.92 Å². The van der Waals surface area contributed by atoms with E-state index >= 15 is 0 Å². The molecule has 0 spiro atoms. The lowest BCUT2D eigenvalue weighted by molar-refractivity contribution is 0.960. The molecular formula is C13H15N7. The largest absolute Gasteiger partial charge is 0.362 e. The van der Waals surface area contributed by atoms with E-state index in [1.54, 1.807) is 10.7 Å². The SMILES string of the molecule is Cc1cnc(Nc2ccc3ncnn3c2)nc1N(C)C. The monoisotopic (exact) mass is 269 g/mol. The molecule has 0 saturated heterocycles. The van der Waals surface area contributed by atoms with Crippen molar-refractivity contribution >= 4 is 23.1 Å². The molecule has 0 fully saturated rings. The fraction of sp³-hybridized carbons (Fsp3) is 0.231. The van der Waals surface area contributed by atoms with E-state index in [1.807, 2.05) is 44.2 Å². The molecule has 0 aliphatic heterocycles. The lowest BCUT2D eigenvalue weighted by Gasteiger charge is -2.15. The van der Waals surface area contributed by atoms with Crippen molar-refractivity contribution < 1.29 is 0 Å². The normalized spacial score (nSPS) is 10.8. The summed E-state index contributed by atoms with van der Waals surface area (Å²) in [5, 5.41) is 7.27. The summed E-state index contributed by atoms with van der Waals surface area (Å²) in [5.41, 5.74) is 2.69. The minimum atomic E-state index is 0.554. The van der Waals surface area contributed by atoms with Crippen molar-refractivity contribution in [1.29, 1.82) is 0 Å². The van der Waals surface area contributed by atoms with Gasteiger partial charge in [-0.2, -0.15) is 10.1 Å². The first-order chi connectivity index (χ1) is 9.63. The fourth-order valence-electron chi connectivity index (χ4n) is 1.97. The Bertz CT molecular complexity index is 747. The third-order valence-electron chi connectivity index (χ3n) is 2.90. The molecule has 3 aromatic heterocycles. The van der Waals surface area contributed by atoms with E-state index in [4.69, 9.17) is 0 Å². The predicted octanol–water partition coefficient (Wildman–Crippen LogP) is 1.64. The quantitative estimate of drug-likeness (QED) is 0.779. The first kappa shape index (κ1) is 12.3. The van der Waals surface area contributed by atoms with Gasteiger partial charge >= 0.3 is 0 Å². The molecule has 0 saturated carbocycles. The number of anilines is 3. The van der Waals surface area contributed by atoms with Crippen LogP contribution in [-0.4, -0.2) is 38.7 Å². The molecule has 3 aromatic rings. The second-order valence-electron chi connectivity index (χ2n) is 4.70. The van der Waals surface area contributed by atoms with Crippen LogP contribution in [-0.2, 0) is 0 Å². The highest BCUT2D eigenvalue weighted by Gasteiger charge is 2.06. The van der Waals surface area contributed by atoms with E-state index in [0.717, 1.165) is 22.7 Å². The summed E-state index contributed by atoms with van der Waals surface area (Å²) in [6.45, 7) is 1.99. The van der Waals surface area contributed by atoms with Crippen molar-refractivity contribution in [2.75, 3.05) is 24.3 Å². The Morgan fingerprint density at radius 3 is 2.85 bits per heavy atom. The van der Waals surface area contributed by atoms with Gasteiger partial charge < -0.3 is 10.2 Å². The van der Waals surface area contributed by atoms with Gasteiger partial charge in [0.15, 0.2) is 5.65 Å². The van der Waals surface area contributed by atoms with E-state index in [1.165, 1.54) is 6.33 Å². The topological polar surface area (TPSA) is 71.2 Å². The first-order valence-corrected chi connectivity index (χ1v) is 6.21. The number of pyridine rings is 1. The lowest BCUT2D eigenvalue weighted by atomic mass is 10.3. The van der Waals surface area contributed by atoms with Crippen molar-refractivity contribution in [3.63, 3.8) is 0 Å². The average molecular weight is 269 g/mol. The zero-order valence-electron chi connectivity index (χ0n) is 11.6. The Labute approximate surface area is 116 Å². The molecule has 3 rings (SSSR count). The third kappa shape index (κ3) is 2.25. The summed E-state index contributed by atoms with van der Waals surface area (Å²) in [6, 6.07) is 3.80. The van der Waals surface area contributed by atoms with Crippen LogP contribution < -0.4 is 10.2 Å². The van der Waals surface area contributed by atoms with Crippen molar-refractivity contribution in [1.82, 2.24) is 24.6 Å². The zero-order chi connectivity index (χ0) is 14.1. The molecule has 0 aliphatic carbocycles. The number of aryl methyl sites for hydroxylation is 1. The predicted molar refractivity (Wildman–Crippen MR) is 77.4 cm³/mol. The highest BCUT2D eigenvalue weighted by atomic mass is 15.3. The maximum Gasteiger partial charge on any atom is 0.229 e. The standard InChI is InChI=1S/C13H15N7/c1-9-6-14-13(18-12(9)19(2)3)17-10-4-5-11-15-8-16-20(11)7-10/h4-8H,1-3H3,(H,14,17,18). The molecule has 0 aromatic carbocycles. The van der Waals surface area contributed by atoms with Gasteiger partial charge in [-0.25, -0.2) is 14.5 Å². The third-order valence-corrected chi connectivity index (χ3v) is 2.90. The molecule has 3 heterocycles. The van der Waals surface area contributed by atoms with Crippen LogP contribution in [0.5, 0.6) is 0 Å². The highest BCUT2D eigenvalue weighted by molar-refractivity contribution is 5.57. The van der Waals surface area contributed by atoms with Crippen molar-refractivity contribution in [2.24, 2.45) is 0 Å². The summed E-state index contributed by atoms with van der Waals surface area (Å²) in [4.78, 5) is 14.8. The van der Waals surface area contributed by atoms with Crippen molar-refractivity contribution in [2.45, 2.75) is 6.92 Å². The number of hydrogen-bond donors (Lipinski definition) is 1. The van der Waals surface area contributed by atoms with E-state index < -0.39 is 0 Å². The second kappa shape index (κ2) is 4.76. The van der Waals surface area contributed by atoms with Crippen LogP contribution in [0.1, 0.15) is 5.56 Å². The molecule has 0 amide bonds. The minimum absolute atomic E-state index is 0.554. The van der Waals surface area contributed by atoms with Crippen LogP contribution in [0.15, 0.2) is 30.9 Å². The molecule has 102 valence electrons.